The Kier molecular flexibility index (Phi) is 12.4. The number of aliphatic hydroxyl groups is 3. The summed E-state index contributed by atoms with van der Waals surface area (Å²) in [6, 6.07) is 0. The van der Waals surface area contributed by atoms with Crippen LogP contribution in [0.3, 0.4) is 0 Å². The van der Waals surface area contributed by atoms with E-state index in [0.717, 1.165) is 19.3 Å². The van der Waals surface area contributed by atoms with Crippen LogP contribution in [0, 0.1) is 0 Å². The molecule has 0 aliphatic carbocycles. The molecule has 4 atom stereocenters. The second kappa shape index (κ2) is 13.8. The first-order valence-electron chi connectivity index (χ1n) is 9.55. The highest BCUT2D eigenvalue weighted by molar-refractivity contribution is 4.88. The smallest absolute Gasteiger partial charge is 0.114 e. The highest BCUT2D eigenvalue weighted by Gasteiger charge is 2.40. The fourth-order valence-corrected chi connectivity index (χ4v) is 2.90. The first kappa shape index (κ1) is 21.6. The van der Waals surface area contributed by atoms with Crippen molar-refractivity contribution < 1.29 is 24.8 Å². The van der Waals surface area contributed by atoms with Crippen LogP contribution in [0.2, 0.25) is 0 Å². The quantitative estimate of drug-likeness (QED) is 0.333. The molecule has 24 heavy (non-hydrogen) atoms. The fraction of sp³-hybridized carbons (Fsp3) is 0.895. The summed E-state index contributed by atoms with van der Waals surface area (Å²) in [5.74, 6) is 0. The number of hydrogen-bond donors (Lipinski definition) is 3. The van der Waals surface area contributed by atoms with Crippen molar-refractivity contribution in [2.24, 2.45) is 0 Å². The second-order valence-corrected chi connectivity index (χ2v) is 6.62. The second-order valence-electron chi connectivity index (χ2n) is 6.62. The van der Waals surface area contributed by atoms with Gasteiger partial charge in [-0.05, 0) is 32.1 Å². The standard InChI is InChI=1S/C19H36O5/c1-2-3-4-5-6-7-8-9-10-11-12-13-23-17(14-20)19-18(22)16(21)15-24-19/h6-7,16-22H,2-5,8-15H2,1H3/b7-6+/t16-,17+,18+,19+/m0/s1. The molecule has 5 nitrogen and oxygen atoms in total. The summed E-state index contributed by atoms with van der Waals surface area (Å²) < 4.78 is 10.9. The molecule has 0 radical (unpaired) electrons. The van der Waals surface area contributed by atoms with Gasteiger partial charge in [0.2, 0.25) is 0 Å². The lowest BCUT2D eigenvalue weighted by molar-refractivity contribution is -0.101. The minimum absolute atomic E-state index is 0.0949. The number of unbranched alkanes of at least 4 members (excludes halogenated alkanes) is 7. The van der Waals surface area contributed by atoms with E-state index in [1.807, 2.05) is 0 Å². The van der Waals surface area contributed by atoms with Gasteiger partial charge in [-0.2, -0.15) is 0 Å². The Bertz CT molecular complexity index is 321. The number of ether oxygens (including phenoxy) is 2. The molecule has 1 fully saturated rings. The Morgan fingerprint density at radius 1 is 1.04 bits per heavy atom. The zero-order chi connectivity index (χ0) is 17.6. The van der Waals surface area contributed by atoms with E-state index in [2.05, 4.69) is 19.1 Å². The van der Waals surface area contributed by atoms with Crippen molar-refractivity contribution in [3.05, 3.63) is 12.2 Å². The number of rotatable bonds is 14. The van der Waals surface area contributed by atoms with E-state index in [1.165, 1.54) is 38.5 Å². The maximum absolute atomic E-state index is 9.78. The molecule has 0 amide bonds. The molecule has 0 unspecified atom stereocenters. The lowest BCUT2D eigenvalue weighted by atomic mass is 10.1. The van der Waals surface area contributed by atoms with Gasteiger partial charge < -0.3 is 24.8 Å². The molecular weight excluding hydrogens is 308 g/mol. The van der Waals surface area contributed by atoms with Gasteiger partial charge >= 0.3 is 0 Å². The zero-order valence-electron chi connectivity index (χ0n) is 15.1. The van der Waals surface area contributed by atoms with Gasteiger partial charge in [-0.15, -0.1) is 0 Å². The van der Waals surface area contributed by atoms with Gasteiger partial charge in [0.15, 0.2) is 0 Å². The predicted molar refractivity (Wildman–Crippen MR) is 94.9 cm³/mol. The summed E-state index contributed by atoms with van der Waals surface area (Å²) in [6.45, 7) is 2.65. The third-order valence-corrected chi connectivity index (χ3v) is 4.47. The van der Waals surface area contributed by atoms with Crippen LogP contribution in [0.4, 0.5) is 0 Å². The molecule has 3 N–H and O–H groups in total. The maximum atomic E-state index is 9.78. The Morgan fingerprint density at radius 3 is 2.29 bits per heavy atom. The topological polar surface area (TPSA) is 79.2 Å². The summed E-state index contributed by atoms with van der Waals surface area (Å²) in [4.78, 5) is 0. The van der Waals surface area contributed by atoms with Crippen LogP contribution >= 0.6 is 0 Å². The van der Waals surface area contributed by atoms with Crippen molar-refractivity contribution in [3.8, 4) is 0 Å². The Balaban J connectivity index is 1.97. The van der Waals surface area contributed by atoms with E-state index in [-0.39, 0.29) is 13.2 Å². The highest BCUT2D eigenvalue weighted by atomic mass is 16.6. The van der Waals surface area contributed by atoms with E-state index in [1.54, 1.807) is 0 Å². The van der Waals surface area contributed by atoms with Crippen LogP contribution in [-0.4, -0.2) is 59.6 Å². The number of hydrogen-bond acceptors (Lipinski definition) is 5. The van der Waals surface area contributed by atoms with Crippen LogP contribution in [0.15, 0.2) is 12.2 Å². The monoisotopic (exact) mass is 344 g/mol. The highest BCUT2D eigenvalue weighted by Crippen LogP contribution is 2.19. The maximum Gasteiger partial charge on any atom is 0.114 e. The molecule has 1 heterocycles. The van der Waals surface area contributed by atoms with Crippen LogP contribution < -0.4 is 0 Å². The largest absolute Gasteiger partial charge is 0.394 e. The van der Waals surface area contributed by atoms with Crippen molar-refractivity contribution in [2.45, 2.75) is 89.1 Å². The van der Waals surface area contributed by atoms with Crippen LogP contribution in [-0.2, 0) is 9.47 Å². The average molecular weight is 344 g/mol. The molecule has 0 saturated carbocycles. The van der Waals surface area contributed by atoms with E-state index in [4.69, 9.17) is 9.47 Å². The molecule has 1 saturated heterocycles. The molecule has 0 spiro atoms. The molecule has 1 rings (SSSR count). The van der Waals surface area contributed by atoms with Crippen LogP contribution in [0.5, 0.6) is 0 Å². The van der Waals surface area contributed by atoms with Crippen LogP contribution in [0.1, 0.15) is 64.7 Å². The van der Waals surface area contributed by atoms with Crippen LogP contribution in [0.25, 0.3) is 0 Å². The van der Waals surface area contributed by atoms with Gasteiger partial charge in [-0.3, -0.25) is 0 Å². The first-order chi connectivity index (χ1) is 11.7. The number of allylic oxidation sites excluding steroid dienone is 2. The molecule has 0 aromatic heterocycles. The van der Waals surface area contributed by atoms with Gasteiger partial charge in [-0.25, -0.2) is 0 Å². The fourth-order valence-electron chi connectivity index (χ4n) is 2.90. The lowest BCUT2D eigenvalue weighted by Gasteiger charge is -2.24. The normalized spacial score (nSPS) is 25.6. The molecule has 0 bridgehead atoms. The van der Waals surface area contributed by atoms with Crippen molar-refractivity contribution in [1.29, 1.82) is 0 Å². The third kappa shape index (κ3) is 8.58. The lowest BCUT2D eigenvalue weighted by Crippen LogP contribution is -2.42. The molecule has 5 heteroatoms. The molecular formula is C19H36O5. The summed E-state index contributed by atoms with van der Waals surface area (Å²) >= 11 is 0. The molecule has 1 aliphatic heterocycles. The van der Waals surface area contributed by atoms with Crippen molar-refractivity contribution in [1.82, 2.24) is 0 Å². The van der Waals surface area contributed by atoms with Crippen molar-refractivity contribution in [2.75, 3.05) is 19.8 Å². The summed E-state index contributed by atoms with van der Waals surface area (Å²) in [5.41, 5.74) is 0. The van der Waals surface area contributed by atoms with E-state index in [9.17, 15) is 15.3 Å². The van der Waals surface area contributed by atoms with E-state index in [0.29, 0.717) is 6.61 Å². The first-order valence-corrected chi connectivity index (χ1v) is 9.55. The number of aliphatic hydroxyl groups excluding tert-OH is 3. The summed E-state index contributed by atoms with van der Waals surface area (Å²) in [6.07, 6.45) is 12.2. The van der Waals surface area contributed by atoms with E-state index < -0.39 is 24.4 Å². The van der Waals surface area contributed by atoms with Crippen molar-refractivity contribution in [3.63, 3.8) is 0 Å². The summed E-state index contributed by atoms with van der Waals surface area (Å²) in [7, 11) is 0. The Labute approximate surface area is 146 Å². The minimum atomic E-state index is -0.980. The molecule has 0 aromatic carbocycles. The average Bonchev–Trinajstić information content (AvgIpc) is 2.92. The summed E-state index contributed by atoms with van der Waals surface area (Å²) in [5, 5.41) is 28.6. The zero-order valence-corrected chi connectivity index (χ0v) is 15.1. The van der Waals surface area contributed by atoms with Gasteiger partial charge in [-0.1, -0.05) is 44.8 Å². The molecule has 1 aliphatic rings. The SMILES string of the molecule is CCCCC/C=C/CCCCCCO[C@H](CO)[C@H]1OC[C@H](O)[C@H]1O. The minimum Gasteiger partial charge on any atom is -0.394 e. The third-order valence-electron chi connectivity index (χ3n) is 4.47. The van der Waals surface area contributed by atoms with Gasteiger partial charge in [0.1, 0.15) is 24.4 Å². The molecule has 0 aromatic rings. The molecule has 142 valence electrons. The Morgan fingerprint density at radius 2 is 1.71 bits per heavy atom. The van der Waals surface area contributed by atoms with Gasteiger partial charge in [0.25, 0.3) is 0 Å². The predicted octanol–water partition coefficient (Wildman–Crippen LogP) is 2.57. The van der Waals surface area contributed by atoms with E-state index >= 15 is 0 Å². The van der Waals surface area contributed by atoms with Crippen molar-refractivity contribution >= 4 is 0 Å². The van der Waals surface area contributed by atoms with Gasteiger partial charge in [0, 0.05) is 6.61 Å². The Hall–Kier alpha value is -0.460. The van der Waals surface area contributed by atoms with Gasteiger partial charge in [0.05, 0.1) is 13.2 Å².